The SMILES string of the molecule is CCOC(=O)C(=O)CSCC(NC(=O)CCC(NC(=O)c1ccc(C=Cc2ccc(O)c(O)c2)cc1)C(=O)O)C(=O)N(C)C(=O)O. The first kappa shape index (κ1) is 36.8. The largest absolute Gasteiger partial charge is 0.504 e. The van der Waals surface area contributed by atoms with Crippen LogP contribution in [0.25, 0.3) is 12.2 Å². The number of Topliss-reactive ketones (excluding diaryl/α,β-unsaturated/α-hetero) is 1. The maximum atomic E-state index is 12.7. The smallest absolute Gasteiger partial charge is 0.413 e. The van der Waals surface area contributed by atoms with Gasteiger partial charge in [-0.05, 0) is 48.7 Å². The number of aromatic hydroxyl groups is 2. The van der Waals surface area contributed by atoms with Crippen LogP contribution in [-0.2, 0) is 28.7 Å². The van der Waals surface area contributed by atoms with Gasteiger partial charge >= 0.3 is 18.0 Å². The fraction of sp³-hybridized carbons (Fsp3) is 0.300. The highest BCUT2D eigenvalue weighted by atomic mass is 32.2. The zero-order valence-electron chi connectivity index (χ0n) is 24.8. The number of esters is 1. The molecule has 15 nitrogen and oxygen atoms in total. The van der Waals surface area contributed by atoms with Crippen molar-refractivity contribution in [3.63, 3.8) is 0 Å². The Kier molecular flexibility index (Phi) is 14.2. The Bertz CT molecular complexity index is 1490. The molecule has 0 saturated carbocycles. The maximum absolute atomic E-state index is 12.7. The molecule has 0 heterocycles. The fourth-order valence-corrected chi connectivity index (χ4v) is 4.55. The van der Waals surface area contributed by atoms with Gasteiger partial charge in [0.2, 0.25) is 11.7 Å². The molecule has 0 fully saturated rings. The van der Waals surface area contributed by atoms with Crippen molar-refractivity contribution >= 4 is 65.5 Å². The number of hydrogen-bond donors (Lipinski definition) is 6. The molecule has 6 N–H and O–H groups in total. The van der Waals surface area contributed by atoms with Crippen LogP contribution in [0.1, 0.15) is 41.3 Å². The van der Waals surface area contributed by atoms with Crippen molar-refractivity contribution in [1.29, 1.82) is 0 Å². The Labute approximate surface area is 267 Å². The second kappa shape index (κ2) is 17.8. The topological polar surface area (TPSA) is 237 Å². The zero-order chi connectivity index (χ0) is 34.4. The van der Waals surface area contributed by atoms with Crippen molar-refractivity contribution in [3.8, 4) is 11.5 Å². The number of likely N-dealkylation sites (N-methyl/N-ethyl adjacent to an activating group) is 1. The third-order valence-electron chi connectivity index (χ3n) is 6.18. The van der Waals surface area contributed by atoms with Crippen LogP contribution in [0.15, 0.2) is 42.5 Å². The third-order valence-corrected chi connectivity index (χ3v) is 7.21. The average molecular weight is 660 g/mol. The molecule has 4 amide bonds. The lowest BCUT2D eigenvalue weighted by Gasteiger charge is -2.22. The molecule has 16 heteroatoms. The molecule has 2 rings (SSSR count). The standard InChI is InChI=1S/C30H33N3O12S/c1-3-45-29(42)24(36)16-46-15-21(27(39)33(2)30(43)44)31-25(37)13-11-20(28(40)41)32-26(38)19-9-6-17(7-10-19)4-5-18-8-12-22(34)23(35)14-18/h4-10,12,14,20-21,34-35H,3,11,13,15-16H2,1-2H3,(H,31,37)(H,32,38)(H,40,41)(H,43,44). The molecular weight excluding hydrogens is 626 g/mol. The molecule has 2 aromatic rings. The van der Waals surface area contributed by atoms with Gasteiger partial charge in [-0.2, -0.15) is 11.8 Å². The summed E-state index contributed by atoms with van der Waals surface area (Å²) in [5.41, 5.74) is 1.42. The number of ketones is 1. The van der Waals surface area contributed by atoms with Gasteiger partial charge in [-0.3, -0.25) is 19.2 Å². The highest BCUT2D eigenvalue weighted by molar-refractivity contribution is 8.00. The van der Waals surface area contributed by atoms with E-state index in [1.165, 1.54) is 31.2 Å². The van der Waals surface area contributed by atoms with Gasteiger partial charge in [0, 0.05) is 24.8 Å². The van der Waals surface area contributed by atoms with E-state index in [0.29, 0.717) is 16.0 Å². The number of benzene rings is 2. The van der Waals surface area contributed by atoms with E-state index in [4.69, 9.17) is 5.11 Å². The number of aliphatic carboxylic acids is 1. The Morgan fingerprint density at radius 2 is 1.52 bits per heavy atom. The number of carboxylic acid groups (broad SMARTS) is 2. The van der Waals surface area contributed by atoms with E-state index in [1.807, 2.05) is 0 Å². The summed E-state index contributed by atoms with van der Waals surface area (Å²) in [5, 5.41) is 42.4. The number of imide groups is 1. The van der Waals surface area contributed by atoms with E-state index in [0.717, 1.165) is 18.8 Å². The molecule has 0 saturated heterocycles. The summed E-state index contributed by atoms with van der Waals surface area (Å²) < 4.78 is 4.59. The van der Waals surface area contributed by atoms with Crippen molar-refractivity contribution in [1.82, 2.24) is 15.5 Å². The van der Waals surface area contributed by atoms with Crippen LogP contribution in [0, 0.1) is 0 Å². The molecule has 0 aromatic heterocycles. The third kappa shape index (κ3) is 11.6. The minimum atomic E-state index is -1.60. The minimum absolute atomic E-state index is 0.0200. The fourth-order valence-electron chi connectivity index (χ4n) is 3.67. The van der Waals surface area contributed by atoms with Gasteiger partial charge in [-0.25, -0.2) is 19.3 Å². The Morgan fingerprint density at radius 1 is 0.891 bits per heavy atom. The van der Waals surface area contributed by atoms with Crippen LogP contribution in [0.3, 0.4) is 0 Å². The second-order valence-corrected chi connectivity index (χ2v) is 10.6. The van der Waals surface area contributed by atoms with Crippen LogP contribution < -0.4 is 10.6 Å². The molecule has 2 unspecified atom stereocenters. The summed E-state index contributed by atoms with van der Waals surface area (Å²) in [6.45, 7) is 1.49. The number of carbonyl (C=O) groups is 7. The summed E-state index contributed by atoms with van der Waals surface area (Å²) in [6.07, 6.45) is 0.902. The van der Waals surface area contributed by atoms with E-state index >= 15 is 0 Å². The molecule has 0 aliphatic carbocycles. The van der Waals surface area contributed by atoms with Gasteiger partial charge in [0.1, 0.15) is 12.1 Å². The quantitative estimate of drug-likeness (QED) is 0.0652. The van der Waals surface area contributed by atoms with Crippen molar-refractivity contribution < 1.29 is 58.7 Å². The van der Waals surface area contributed by atoms with Gasteiger partial charge in [0.25, 0.3) is 11.8 Å². The van der Waals surface area contributed by atoms with Crippen molar-refractivity contribution in [2.45, 2.75) is 31.8 Å². The molecule has 0 aliphatic rings. The van der Waals surface area contributed by atoms with E-state index in [2.05, 4.69) is 15.4 Å². The number of thioether (sulfide) groups is 1. The van der Waals surface area contributed by atoms with E-state index in [9.17, 15) is 48.9 Å². The summed E-state index contributed by atoms with van der Waals surface area (Å²) in [5.74, 6) is -7.20. The van der Waals surface area contributed by atoms with Gasteiger partial charge in [-0.15, -0.1) is 0 Å². The Hall–Kier alpha value is -5.38. The number of hydrogen-bond acceptors (Lipinski definition) is 11. The number of phenolic OH excluding ortho intramolecular Hbond substituents is 2. The molecular formula is C30H33N3O12S. The van der Waals surface area contributed by atoms with Gasteiger partial charge < -0.3 is 35.8 Å². The lowest BCUT2D eigenvalue weighted by Crippen LogP contribution is -2.50. The maximum Gasteiger partial charge on any atom is 0.413 e. The summed E-state index contributed by atoms with van der Waals surface area (Å²) in [6, 6.07) is 7.45. The van der Waals surface area contributed by atoms with Crippen LogP contribution in [0.4, 0.5) is 4.79 Å². The second-order valence-electron chi connectivity index (χ2n) is 9.57. The molecule has 2 atom stereocenters. The number of nitrogens with one attached hydrogen (secondary N) is 2. The number of nitrogens with zero attached hydrogens (tertiary/aromatic N) is 1. The predicted molar refractivity (Wildman–Crippen MR) is 165 cm³/mol. The first-order valence-corrected chi connectivity index (χ1v) is 14.8. The molecule has 0 aliphatic heterocycles. The lowest BCUT2D eigenvalue weighted by molar-refractivity contribution is -0.152. The van der Waals surface area contributed by atoms with Gasteiger partial charge in [0.05, 0.1) is 12.4 Å². The molecule has 0 spiro atoms. The van der Waals surface area contributed by atoms with E-state index in [-0.39, 0.29) is 35.8 Å². The average Bonchev–Trinajstić information content (AvgIpc) is 3.02. The monoisotopic (exact) mass is 659 g/mol. The van der Waals surface area contributed by atoms with Crippen LogP contribution in [0.2, 0.25) is 0 Å². The first-order valence-electron chi connectivity index (χ1n) is 13.6. The number of rotatable bonds is 16. The molecule has 246 valence electrons. The van der Waals surface area contributed by atoms with E-state index in [1.54, 1.807) is 30.4 Å². The van der Waals surface area contributed by atoms with E-state index < -0.39 is 65.8 Å². The molecule has 0 radical (unpaired) electrons. The Balaban J connectivity index is 1.99. The summed E-state index contributed by atoms with van der Waals surface area (Å²) >= 11 is 0.782. The minimum Gasteiger partial charge on any atom is -0.504 e. The van der Waals surface area contributed by atoms with Crippen LogP contribution >= 0.6 is 11.8 Å². The molecule has 2 aromatic carbocycles. The van der Waals surface area contributed by atoms with Gasteiger partial charge in [-0.1, -0.05) is 30.4 Å². The van der Waals surface area contributed by atoms with Gasteiger partial charge in [0.15, 0.2) is 11.5 Å². The van der Waals surface area contributed by atoms with Crippen molar-refractivity contribution in [2.75, 3.05) is 25.2 Å². The number of phenols is 2. The summed E-state index contributed by atoms with van der Waals surface area (Å²) in [4.78, 5) is 84.7. The predicted octanol–water partition coefficient (Wildman–Crippen LogP) is 1.72. The highest BCUT2D eigenvalue weighted by Crippen LogP contribution is 2.25. The summed E-state index contributed by atoms with van der Waals surface area (Å²) in [7, 11) is 0.957. The number of amides is 4. The van der Waals surface area contributed by atoms with Crippen LogP contribution in [0.5, 0.6) is 11.5 Å². The Morgan fingerprint density at radius 3 is 2.11 bits per heavy atom. The lowest BCUT2D eigenvalue weighted by atomic mass is 10.1. The number of ether oxygens (including phenoxy) is 1. The van der Waals surface area contributed by atoms with Crippen molar-refractivity contribution in [2.24, 2.45) is 0 Å². The van der Waals surface area contributed by atoms with Crippen molar-refractivity contribution in [3.05, 3.63) is 59.2 Å². The van der Waals surface area contributed by atoms with Crippen LogP contribution in [-0.4, -0.2) is 104 Å². The first-order chi connectivity index (χ1) is 21.7. The normalized spacial score (nSPS) is 12.0. The number of carboxylic acids is 1. The molecule has 46 heavy (non-hydrogen) atoms. The zero-order valence-corrected chi connectivity index (χ0v) is 25.6. The number of carbonyl (C=O) groups excluding carboxylic acids is 5. The molecule has 0 bridgehead atoms. The highest BCUT2D eigenvalue weighted by Gasteiger charge is 2.29.